The Bertz CT molecular complexity index is 433. The molecule has 0 amide bonds. The summed E-state index contributed by atoms with van der Waals surface area (Å²) < 4.78 is 8.13. The summed E-state index contributed by atoms with van der Waals surface area (Å²) in [5.74, 6) is 0.556. The van der Waals surface area contributed by atoms with Gasteiger partial charge in [0.15, 0.2) is 0 Å². The Balaban J connectivity index is 2.28. The van der Waals surface area contributed by atoms with Crippen molar-refractivity contribution in [1.29, 1.82) is 0 Å². The Labute approximate surface area is 134 Å². The number of rotatable bonds is 3. The second-order valence-electron chi connectivity index (χ2n) is 4.79. The van der Waals surface area contributed by atoms with Crippen LogP contribution in [-0.2, 0) is 4.74 Å². The third-order valence-electron chi connectivity index (χ3n) is 3.61. The van der Waals surface area contributed by atoms with Gasteiger partial charge in [-0.1, -0.05) is 54.7 Å². The highest BCUT2D eigenvalue weighted by Gasteiger charge is 2.34. The molecule has 2 rings (SSSR count). The van der Waals surface area contributed by atoms with Crippen LogP contribution in [0.2, 0.25) is 0 Å². The highest BCUT2D eigenvalue weighted by Crippen LogP contribution is 2.44. The van der Waals surface area contributed by atoms with E-state index in [0.29, 0.717) is 16.8 Å². The minimum absolute atomic E-state index is 0.344. The molecule has 1 aromatic carbocycles. The summed E-state index contributed by atoms with van der Waals surface area (Å²) in [6.07, 6.45) is 2.59. The van der Waals surface area contributed by atoms with Crippen molar-refractivity contribution in [3.05, 3.63) is 32.2 Å². The fourth-order valence-electron chi connectivity index (χ4n) is 2.52. The molecular formula is C14H17Br3O. The maximum absolute atomic E-state index is 5.79. The first-order valence-electron chi connectivity index (χ1n) is 6.25. The lowest BCUT2D eigenvalue weighted by molar-refractivity contribution is 0.0872. The molecule has 0 spiro atoms. The molecule has 0 saturated carbocycles. The maximum atomic E-state index is 5.79. The van der Waals surface area contributed by atoms with Crippen molar-refractivity contribution in [3.63, 3.8) is 0 Å². The number of aryl methyl sites for hydroxylation is 1. The van der Waals surface area contributed by atoms with Gasteiger partial charge in [-0.25, -0.2) is 0 Å². The van der Waals surface area contributed by atoms with Gasteiger partial charge in [-0.2, -0.15) is 0 Å². The van der Waals surface area contributed by atoms with E-state index >= 15 is 0 Å². The molecule has 1 aliphatic heterocycles. The van der Waals surface area contributed by atoms with Gasteiger partial charge in [0.25, 0.3) is 0 Å². The van der Waals surface area contributed by atoms with Crippen LogP contribution >= 0.6 is 47.8 Å². The van der Waals surface area contributed by atoms with Gasteiger partial charge in [-0.3, -0.25) is 0 Å². The fraction of sp³-hybridized carbons (Fsp3) is 0.571. The van der Waals surface area contributed by atoms with Crippen LogP contribution in [0.3, 0.4) is 0 Å². The van der Waals surface area contributed by atoms with Gasteiger partial charge in [0.1, 0.15) is 0 Å². The topological polar surface area (TPSA) is 9.23 Å². The van der Waals surface area contributed by atoms with Gasteiger partial charge < -0.3 is 4.74 Å². The standard InChI is InChI=1S/C14H17Br3O/c1-3-13-9(4-5-18-13)14(17)10-7-11(15)8(2)6-12(10)16/h6-7,9,13-14H,3-5H2,1-2H3. The molecule has 0 bridgehead atoms. The summed E-state index contributed by atoms with van der Waals surface area (Å²) >= 11 is 11.2. The van der Waals surface area contributed by atoms with Crippen molar-refractivity contribution in [2.75, 3.05) is 6.61 Å². The van der Waals surface area contributed by atoms with Crippen LogP contribution < -0.4 is 0 Å². The highest BCUT2D eigenvalue weighted by atomic mass is 79.9. The number of alkyl halides is 1. The molecular weight excluding hydrogens is 424 g/mol. The summed E-state index contributed by atoms with van der Waals surface area (Å²) in [5, 5.41) is 0. The Morgan fingerprint density at radius 3 is 2.72 bits per heavy atom. The van der Waals surface area contributed by atoms with Crippen molar-refractivity contribution in [3.8, 4) is 0 Å². The first-order chi connectivity index (χ1) is 8.54. The molecule has 0 radical (unpaired) electrons. The van der Waals surface area contributed by atoms with Gasteiger partial charge >= 0.3 is 0 Å². The molecule has 0 N–H and O–H groups in total. The fourth-order valence-corrected chi connectivity index (χ4v) is 4.88. The second kappa shape index (κ2) is 6.38. The average molecular weight is 441 g/mol. The molecule has 1 heterocycles. The maximum Gasteiger partial charge on any atom is 0.0615 e. The summed E-state index contributed by atoms with van der Waals surface area (Å²) in [4.78, 5) is 0.344. The van der Waals surface area contributed by atoms with E-state index in [1.165, 1.54) is 15.6 Å². The van der Waals surface area contributed by atoms with Gasteiger partial charge in [-0.05, 0) is 43.0 Å². The Hall–Kier alpha value is 0.620. The lowest BCUT2D eigenvalue weighted by atomic mass is 9.91. The monoisotopic (exact) mass is 438 g/mol. The van der Waals surface area contributed by atoms with Gasteiger partial charge in [-0.15, -0.1) is 0 Å². The van der Waals surface area contributed by atoms with Gasteiger partial charge in [0.2, 0.25) is 0 Å². The van der Waals surface area contributed by atoms with Crippen molar-refractivity contribution in [2.45, 2.75) is 37.6 Å². The quantitative estimate of drug-likeness (QED) is 0.542. The third kappa shape index (κ3) is 3.02. The van der Waals surface area contributed by atoms with E-state index in [1.54, 1.807) is 0 Å². The van der Waals surface area contributed by atoms with Crippen molar-refractivity contribution in [2.24, 2.45) is 5.92 Å². The smallest absolute Gasteiger partial charge is 0.0615 e. The summed E-state index contributed by atoms with van der Waals surface area (Å²) in [6, 6.07) is 4.38. The molecule has 3 atom stereocenters. The van der Waals surface area contributed by atoms with E-state index in [9.17, 15) is 0 Å². The van der Waals surface area contributed by atoms with Crippen molar-refractivity contribution < 1.29 is 4.74 Å². The number of halogens is 3. The zero-order valence-electron chi connectivity index (χ0n) is 10.6. The summed E-state index contributed by atoms with van der Waals surface area (Å²) in [5.41, 5.74) is 2.56. The predicted octanol–water partition coefficient (Wildman–Crippen LogP) is 5.77. The van der Waals surface area contributed by atoms with Crippen LogP contribution in [0.4, 0.5) is 0 Å². The number of hydrogen-bond donors (Lipinski definition) is 0. The average Bonchev–Trinajstić information content (AvgIpc) is 2.81. The molecule has 1 saturated heterocycles. The molecule has 1 nitrogen and oxygen atoms in total. The predicted molar refractivity (Wildman–Crippen MR) is 86.4 cm³/mol. The van der Waals surface area contributed by atoms with Crippen molar-refractivity contribution >= 4 is 47.8 Å². The molecule has 0 aromatic heterocycles. The molecule has 1 aromatic rings. The minimum Gasteiger partial charge on any atom is -0.378 e. The second-order valence-corrected chi connectivity index (χ2v) is 7.49. The molecule has 0 aliphatic carbocycles. The number of benzene rings is 1. The Morgan fingerprint density at radius 2 is 2.06 bits per heavy atom. The largest absolute Gasteiger partial charge is 0.378 e. The highest BCUT2D eigenvalue weighted by molar-refractivity contribution is 9.11. The molecule has 1 fully saturated rings. The van der Waals surface area contributed by atoms with Crippen LogP contribution in [0.1, 0.15) is 35.7 Å². The van der Waals surface area contributed by atoms with Gasteiger partial charge in [0, 0.05) is 26.3 Å². The first-order valence-corrected chi connectivity index (χ1v) is 8.76. The van der Waals surface area contributed by atoms with E-state index < -0.39 is 0 Å². The summed E-state index contributed by atoms with van der Waals surface area (Å²) in [6.45, 7) is 5.19. The van der Waals surface area contributed by atoms with Crippen LogP contribution in [0.25, 0.3) is 0 Å². The van der Waals surface area contributed by atoms with E-state index in [-0.39, 0.29) is 0 Å². The zero-order chi connectivity index (χ0) is 13.3. The van der Waals surface area contributed by atoms with E-state index in [0.717, 1.165) is 23.9 Å². The Morgan fingerprint density at radius 1 is 1.33 bits per heavy atom. The van der Waals surface area contributed by atoms with Crippen LogP contribution in [0, 0.1) is 12.8 Å². The van der Waals surface area contributed by atoms with Gasteiger partial charge in [0.05, 0.1) is 6.10 Å². The first kappa shape index (κ1) is 15.0. The van der Waals surface area contributed by atoms with Crippen LogP contribution in [0.15, 0.2) is 21.1 Å². The van der Waals surface area contributed by atoms with E-state index in [1.807, 2.05) is 0 Å². The lowest BCUT2D eigenvalue weighted by Crippen LogP contribution is -2.19. The minimum atomic E-state index is 0.344. The third-order valence-corrected chi connectivity index (χ3v) is 6.33. The van der Waals surface area contributed by atoms with E-state index in [4.69, 9.17) is 4.74 Å². The molecule has 18 heavy (non-hydrogen) atoms. The molecule has 4 heteroatoms. The van der Waals surface area contributed by atoms with Crippen LogP contribution in [-0.4, -0.2) is 12.7 Å². The normalized spacial score (nSPS) is 25.4. The Kier molecular flexibility index (Phi) is 5.32. The zero-order valence-corrected chi connectivity index (χ0v) is 15.3. The molecule has 1 aliphatic rings. The number of ether oxygens (including phenoxy) is 1. The van der Waals surface area contributed by atoms with Crippen molar-refractivity contribution in [1.82, 2.24) is 0 Å². The SMILES string of the molecule is CCC1OCCC1C(Br)c1cc(Br)c(C)cc1Br. The molecule has 100 valence electrons. The van der Waals surface area contributed by atoms with E-state index in [2.05, 4.69) is 73.8 Å². The van der Waals surface area contributed by atoms with Crippen LogP contribution in [0.5, 0.6) is 0 Å². The lowest BCUT2D eigenvalue weighted by Gasteiger charge is -2.24. The molecule has 3 unspecified atom stereocenters. The number of hydrogen-bond acceptors (Lipinski definition) is 1. The summed E-state index contributed by atoms with van der Waals surface area (Å²) in [7, 11) is 0.